The third-order valence-corrected chi connectivity index (χ3v) is 6.43. The lowest BCUT2D eigenvalue weighted by molar-refractivity contribution is -0.0265. The van der Waals surface area contributed by atoms with Crippen molar-refractivity contribution in [2.75, 3.05) is 26.7 Å². The number of rotatable bonds is 6. The van der Waals surface area contributed by atoms with Gasteiger partial charge in [-0.15, -0.1) is 10.2 Å². The molecule has 168 valence electrons. The number of hydrogen-bond donors (Lipinski definition) is 2. The highest BCUT2D eigenvalue weighted by Gasteiger charge is 2.27. The number of nitrogens with zero attached hydrogens (tertiary/aromatic N) is 4. The largest absolute Gasteiger partial charge is 0.373 e. The summed E-state index contributed by atoms with van der Waals surface area (Å²) < 4.78 is 8.47. The van der Waals surface area contributed by atoms with Crippen LogP contribution in [0.4, 0.5) is 0 Å². The summed E-state index contributed by atoms with van der Waals surface area (Å²) in [4.78, 5) is 4.41. The molecule has 2 unspecified atom stereocenters. The van der Waals surface area contributed by atoms with Gasteiger partial charge in [0.05, 0.1) is 6.10 Å². The number of aryl methyl sites for hydroxylation is 2. The van der Waals surface area contributed by atoms with Crippen LogP contribution in [0.3, 0.4) is 0 Å². The average Bonchev–Trinajstić information content (AvgIpc) is 3.02. The van der Waals surface area contributed by atoms with Crippen molar-refractivity contribution >= 4 is 5.96 Å². The summed E-state index contributed by atoms with van der Waals surface area (Å²) >= 11 is 0. The molecule has 1 saturated heterocycles. The van der Waals surface area contributed by atoms with E-state index in [1.165, 1.54) is 30.4 Å². The summed E-state index contributed by atoms with van der Waals surface area (Å²) in [6, 6.07) is 8.74. The third kappa shape index (κ3) is 5.64. The Morgan fingerprint density at radius 2 is 2.00 bits per heavy atom. The Morgan fingerprint density at radius 1 is 1.13 bits per heavy atom. The number of guanidine groups is 1. The molecule has 0 radical (unpaired) electrons. The molecule has 1 aromatic heterocycles. The van der Waals surface area contributed by atoms with Gasteiger partial charge in [0.25, 0.3) is 0 Å². The van der Waals surface area contributed by atoms with Crippen molar-refractivity contribution in [3.8, 4) is 0 Å². The quantitative estimate of drug-likeness (QED) is 0.550. The Bertz CT molecular complexity index is 859. The van der Waals surface area contributed by atoms with Crippen molar-refractivity contribution in [1.82, 2.24) is 25.4 Å². The zero-order chi connectivity index (χ0) is 21.5. The summed E-state index contributed by atoms with van der Waals surface area (Å²) in [6.45, 7) is 5.65. The molecule has 2 atom stereocenters. The fourth-order valence-electron chi connectivity index (χ4n) is 4.65. The Labute approximate surface area is 185 Å². The van der Waals surface area contributed by atoms with Gasteiger partial charge in [-0.2, -0.15) is 0 Å². The molecular formula is C24H36N6O. The van der Waals surface area contributed by atoms with Crippen LogP contribution in [0.2, 0.25) is 0 Å². The fourth-order valence-corrected chi connectivity index (χ4v) is 4.65. The van der Waals surface area contributed by atoms with E-state index < -0.39 is 0 Å². The number of aromatic nitrogens is 3. The zero-order valence-electron chi connectivity index (χ0n) is 18.9. The first kappa shape index (κ1) is 21.8. The molecule has 31 heavy (non-hydrogen) atoms. The molecule has 7 heteroatoms. The predicted molar refractivity (Wildman–Crippen MR) is 123 cm³/mol. The van der Waals surface area contributed by atoms with Crippen LogP contribution in [0.1, 0.15) is 61.0 Å². The summed E-state index contributed by atoms with van der Waals surface area (Å²) in [6.07, 6.45) is 8.05. The lowest BCUT2D eigenvalue weighted by Crippen LogP contribution is -2.42. The third-order valence-electron chi connectivity index (χ3n) is 6.43. The Morgan fingerprint density at radius 3 is 2.84 bits per heavy atom. The molecule has 2 aliphatic rings. The number of aliphatic imine (C=N–C) groups is 1. The predicted octanol–water partition coefficient (Wildman–Crippen LogP) is 3.19. The summed E-state index contributed by atoms with van der Waals surface area (Å²) in [5.74, 6) is 3.50. The van der Waals surface area contributed by atoms with E-state index >= 15 is 0 Å². The van der Waals surface area contributed by atoms with E-state index in [2.05, 4.69) is 61.6 Å². The van der Waals surface area contributed by atoms with Crippen LogP contribution < -0.4 is 10.6 Å². The molecule has 1 aromatic carbocycles. The SMILES string of the molecule is CN=C(NCCc1nnc2n1CCCCC2)NCC1CCCOC1c1ccc(C)cc1. The number of fused-ring (bicyclic) bond motifs is 1. The second-order valence-corrected chi connectivity index (χ2v) is 8.73. The van der Waals surface area contributed by atoms with Crippen LogP contribution in [0.15, 0.2) is 29.3 Å². The highest BCUT2D eigenvalue weighted by Crippen LogP contribution is 2.33. The summed E-state index contributed by atoms with van der Waals surface area (Å²) in [5, 5.41) is 15.8. The second-order valence-electron chi connectivity index (χ2n) is 8.73. The lowest BCUT2D eigenvalue weighted by atomic mass is 9.89. The van der Waals surface area contributed by atoms with Crippen molar-refractivity contribution in [3.05, 3.63) is 47.0 Å². The van der Waals surface area contributed by atoms with Crippen LogP contribution in [0.25, 0.3) is 0 Å². The number of hydrogen-bond acceptors (Lipinski definition) is 4. The van der Waals surface area contributed by atoms with Gasteiger partial charge in [-0.1, -0.05) is 36.2 Å². The van der Waals surface area contributed by atoms with E-state index in [-0.39, 0.29) is 6.10 Å². The van der Waals surface area contributed by atoms with Gasteiger partial charge in [-0.3, -0.25) is 4.99 Å². The zero-order valence-corrected chi connectivity index (χ0v) is 18.9. The van der Waals surface area contributed by atoms with Crippen LogP contribution in [-0.4, -0.2) is 47.5 Å². The first-order valence-electron chi connectivity index (χ1n) is 11.8. The van der Waals surface area contributed by atoms with Crippen LogP contribution in [0.5, 0.6) is 0 Å². The average molecular weight is 425 g/mol. The van der Waals surface area contributed by atoms with E-state index in [0.29, 0.717) is 5.92 Å². The lowest BCUT2D eigenvalue weighted by Gasteiger charge is -2.32. The van der Waals surface area contributed by atoms with E-state index in [9.17, 15) is 0 Å². The van der Waals surface area contributed by atoms with Crippen molar-refractivity contribution in [1.29, 1.82) is 0 Å². The Kier molecular flexibility index (Phi) is 7.57. The first-order valence-corrected chi connectivity index (χ1v) is 11.8. The topological polar surface area (TPSA) is 76.4 Å². The van der Waals surface area contributed by atoms with E-state index in [1.807, 2.05) is 7.05 Å². The smallest absolute Gasteiger partial charge is 0.191 e. The van der Waals surface area contributed by atoms with Crippen molar-refractivity contribution in [2.24, 2.45) is 10.9 Å². The van der Waals surface area contributed by atoms with Gasteiger partial charge in [0.15, 0.2) is 5.96 Å². The standard InChI is InChI=1S/C24H36N6O/c1-18-9-11-19(12-10-18)23-20(7-6-16-31-23)17-27-24(25-2)26-14-13-22-29-28-21-8-4-3-5-15-30(21)22/h9-12,20,23H,3-8,13-17H2,1-2H3,(H2,25,26,27). The van der Waals surface area contributed by atoms with Crippen LogP contribution in [0, 0.1) is 12.8 Å². The van der Waals surface area contributed by atoms with Crippen molar-refractivity contribution in [2.45, 2.75) is 64.5 Å². The van der Waals surface area contributed by atoms with E-state index in [4.69, 9.17) is 4.74 Å². The molecule has 2 aromatic rings. The molecule has 7 nitrogen and oxygen atoms in total. The maximum atomic E-state index is 6.16. The molecule has 1 fully saturated rings. The number of ether oxygens (including phenoxy) is 1. The molecule has 3 heterocycles. The van der Waals surface area contributed by atoms with E-state index in [1.54, 1.807) is 0 Å². The van der Waals surface area contributed by atoms with Gasteiger partial charge in [0.1, 0.15) is 11.6 Å². The number of benzene rings is 1. The minimum atomic E-state index is 0.145. The summed E-state index contributed by atoms with van der Waals surface area (Å²) in [5.41, 5.74) is 2.55. The minimum Gasteiger partial charge on any atom is -0.373 e. The molecule has 4 rings (SSSR count). The first-order chi connectivity index (χ1) is 15.2. The molecule has 0 spiro atoms. The molecule has 0 saturated carbocycles. The molecule has 0 aliphatic carbocycles. The molecule has 2 aliphatic heterocycles. The van der Waals surface area contributed by atoms with Gasteiger partial charge in [0.2, 0.25) is 0 Å². The Balaban J connectivity index is 1.28. The Hall–Kier alpha value is -2.41. The highest BCUT2D eigenvalue weighted by atomic mass is 16.5. The van der Waals surface area contributed by atoms with E-state index in [0.717, 1.165) is 69.5 Å². The highest BCUT2D eigenvalue weighted by molar-refractivity contribution is 5.79. The maximum Gasteiger partial charge on any atom is 0.191 e. The minimum absolute atomic E-state index is 0.145. The maximum absolute atomic E-state index is 6.16. The van der Waals surface area contributed by atoms with Gasteiger partial charge in [-0.05, 0) is 38.2 Å². The normalized spacial score (nSPS) is 21.9. The van der Waals surface area contributed by atoms with Crippen LogP contribution >= 0.6 is 0 Å². The second kappa shape index (κ2) is 10.8. The van der Waals surface area contributed by atoms with Crippen LogP contribution in [-0.2, 0) is 24.1 Å². The van der Waals surface area contributed by atoms with Gasteiger partial charge >= 0.3 is 0 Å². The molecule has 0 bridgehead atoms. The molecule has 2 N–H and O–H groups in total. The molecule has 0 amide bonds. The van der Waals surface area contributed by atoms with Gasteiger partial charge in [0, 0.05) is 52.0 Å². The molecular weight excluding hydrogens is 388 g/mol. The van der Waals surface area contributed by atoms with Gasteiger partial charge in [-0.25, -0.2) is 0 Å². The number of nitrogens with one attached hydrogen (secondary N) is 2. The van der Waals surface area contributed by atoms with Gasteiger partial charge < -0.3 is 19.9 Å². The van der Waals surface area contributed by atoms with Crippen molar-refractivity contribution < 1.29 is 4.74 Å². The van der Waals surface area contributed by atoms with Crippen molar-refractivity contribution in [3.63, 3.8) is 0 Å². The summed E-state index contributed by atoms with van der Waals surface area (Å²) in [7, 11) is 1.83. The monoisotopic (exact) mass is 424 g/mol. The fraction of sp³-hybridized carbons (Fsp3) is 0.625.